The van der Waals surface area contributed by atoms with Crippen molar-refractivity contribution in [2.45, 2.75) is 31.8 Å². The number of fused-ring (bicyclic) bond motifs is 1. The number of halogens is 1. The lowest BCUT2D eigenvalue weighted by atomic mass is 9.91. The Kier molecular flexibility index (Phi) is 6.45. The van der Waals surface area contributed by atoms with Crippen molar-refractivity contribution in [3.05, 3.63) is 101 Å². The summed E-state index contributed by atoms with van der Waals surface area (Å²) in [6.07, 6.45) is 1.78. The van der Waals surface area contributed by atoms with E-state index in [1.54, 1.807) is 30.3 Å². The molecule has 1 aliphatic heterocycles. The molecule has 1 N–H and O–H groups in total. The number of rotatable bonds is 8. The van der Waals surface area contributed by atoms with Crippen LogP contribution in [0.5, 0.6) is 5.75 Å². The van der Waals surface area contributed by atoms with Crippen molar-refractivity contribution >= 4 is 11.9 Å². The molecule has 1 heterocycles. The molecule has 0 fully saturated rings. The monoisotopic (exact) mass is 447 g/mol. The zero-order chi connectivity index (χ0) is 23.4. The molecule has 33 heavy (non-hydrogen) atoms. The van der Waals surface area contributed by atoms with Crippen LogP contribution >= 0.6 is 0 Å². The molecular formula is C27H26FNO4. The third-order valence-electron chi connectivity index (χ3n) is 5.85. The van der Waals surface area contributed by atoms with Gasteiger partial charge in [-0.3, -0.25) is 9.59 Å². The van der Waals surface area contributed by atoms with Gasteiger partial charge in [-0.15, -0.1) is 0 Å². The Morgan fingerprint density at radius 2 is 1.76 bits per heavy atom. The molecule has 1 amide bonds. The van der Waals surface area contributed by atoms with Gasteiger partial charge in [0.15, 0.2) is 0 Å². The Morgan fingerprint density at radius 1 is 1.03 bits per heavy atom. The second-order valence-electron chi connectivity index (χ2n) is 8.71. The van der Waals surface area contributed by atoms with Gasteiger partial charge in [0, 0.05) is 24.9 Å². The fraction of sp³-hybridized carbons (Fsp3) is 0.259. The number of aliphatic carboxylic acids is 1. The zero-order valence-electron chi connectivity index (χ0n) is 18.5. The average molecular weight is 448 g/mol. The molecular weight excluding hydrogens is 421 g/mol. The molecule has 0 bridgehead atoms. The number of carbonyl (C=O) groups excluding carboxylic acids is 1. The number of ether oxygens (including phenoxy) is 1. The molecule has 5 nitrogen and oxygen atoms in total. The van der Waals surface area contributed by atoms with Gasteiger partial charge in [-0.2, -0.15) is 0 Å². The van der Waals surface area contributed by atoms with Crippen LogP contribution in [-0.4, -0.2) is 40.6 Å². The lowest BCUT2D eigenvalue weighted by Crippen LogP contribution is -2.37. The predicted molar refractivity (Wildman–Crippen MR) is 123 cm³/mol. The highest BCUT2D eigenvalue weighted by atomic mass is 19.1. The summed E-state index contributed by atoms with van der Waals surface area (Å²) < 4.78 is 19.4. The SMILES string of the molecule is C[C@@]1(Cc2ccc(F)cc2)Cc2cc(C(=O)N(CCc3ccccc3)CC(=O)O)ccc2O1. The van der Waals surface area contributed by atoms with E-state index in [0.29, 0.717) is 37.1 Å². The minimum atomic E-state index is -1.05. The van der Waals surface area contributed by atoms with Crippen molar-refractivity contribution in [3.63, 3.8) is 0 Å². The summed E-state index contributed by atoms with van der Waals surface area (Å²) in [5.41, 5.74) is 2.85. The molecule has 6 heteroatoms. The maximum Gasteiger partial charge on any atom is 0.323 e. The fourth-order valence-corrected chi connectivity index (χ4v) is 4.29. The van der Waals surface area contributed by atoms with Crippen LogP contribution in [0.25, 0.3) is 0 Å². The molecule has 0 spiro atoms. The molecule has 0 aliphatic carbocycles. The van der Waals surface area contributed by atoms with E-state index >= 15 is 0 Å². The standard InChI is InChI=1S/C27H26FNO4/c1-27(16-20-7-10-23(28)11-8-20)17-22-15-21(9-12-24(22)33-27)26(32)29(18-25(30)31)14-13-19-5-3-2-4-6-19/h2-12,15H,13-14,16-18H2,1H3,(H,30,31)/t27-/m1/s1. The normalized spacial score (nSPS) is 16.7. The van der Waals surface area contributed by atoms with Gasteiger partial charge in [-0.25, -0.2) is 4.39 Å². The smallest absolute Gasteiger partial charge is 0.323 e. The number of carboxylic acid groups (broad SMARTS) is 1. The number of hydrogen-bond acceptors (Lipinski definition) is 3. The van der Waals surface area contributed by atoms with E-state index in [9.17, 15) is 19.1 Å². The number of carboxylic acids is 1. The van der Waals surface area contributed by atoms with Crippen molar-refractivity contribution in [2.24, 2.45) is 0 Å². The molecule has 0 saturated carbocycles. The van der Waals surface area contributed by atoms with Crippen molar-refractivity contribution in [1.82, 2.24) is 4.90 Å². The number of hydrogen-bond donors (Lipinski definition) is 1. The molecule has 3 aromatic rings. The van der Waals surface area contributed by atoms with E-state index in [2.05, 4.69) is 0 Å². The molecule has 0 aromatic heterocycles. The lowest BCUT2D eigenvalue weighted by molar-refractivity contribution is -0.137. The lowest BCUT2D eigenvalue weighted by Gasteiger charge is -2.24. The molecule has 1 aliphatic rings. The maximum atomic E-state index is 13.2. The summed E-state index contributed by atoms with van der Waals surface area (Å²) in [4.78, 5) is 25.9. The van der Waals surface area contributed by atoms with Crippen LogP contribution in [0.2, 0.25) is 0 Å². The number of nitrogens with zero attached hydrogens (tertiary/aromatic N) is 1. The topological polar surface area (TPSA) is 66.8 Å². The van der Waals surface area contributed by atoms with E-state index in [-0.39, 0.29) is 18.3 Å². The van der Waals surface area contributed by atoms with Crippen LogP contribution in [0.15, 0.2) is 72.8 Å². The van der Waals surface area contributed by atoms with Crippen LogP contribution in [0.3, 0.4) is 0 Å². The van der Waals surface area contributed by atoms with Gasteiger partial charge >= 0.3 is 5.97 Å². The van der Waals surface area contributed by atoms with Crippen LogP contribution in [0.1, 0.15) is 34.0 Å². The quantitative estimate of drug-likeness (QED) is 0.551. The first-order chi connectivity index (χ1) is 15.8. The Morgan fingerprint density at radius 3 is 2.45 bits per heavy atom. The van der Waals surface area contributed by atoms with E-state index in [1.165, 1.54) is 17.0 Å². The van der Waals surface area contributed by atoms with Gasteiger partial charge in [0.1, 0.15) is 23.7 Å². The summed E-state index contributed by atoms with van der Waals surface area (Å²) in [5.74, 6) is -0.929. The Balaban J connectivity index is 1.48. The van der Waals surface area contributed by atoms with Gasteiger partial charge in [0.25, 0.3) is 5.91 Å². The van der Waals surface area contributed by atoms with Gasteiger partial charge in [-0.05, 0) is 60.4 Å². The highest BCUT2D eigenvalue weighted by Gasteiger charge is 2.35. The van der Waals surface area contributed by atoms with Crippen molar-refractivity contribution in [2.75, 3.05) is 13.1 Å². The highest BCUT2D eigenvalue weighted by Crippen LogP contribution is 2.37. The minimum Gasteiger partial charge on any atom is -0.487 e. The Hall–Kier alpha value is -3.67. The molecule has 1 atom stereocenters. The molecule has 4 rings (SSSR count). The summed E-state index contributed by atoms with van der Waals surface area (Å²) in [6.45, 7) is 1.95. The molecule has 0 unspecified atom stereocenters. The number of carbonyl (C=O) groups is 2. The third kappa shape index (κ3) is 5.58. The van der Waals surface area contributed by atoms with Crippen LogP contribution in [0, 0.1) is 5.82 Å². The second-order valence-corrected chi connectivity index (χ2v) is 8.71. The molecule has 0 radical (unpaired) electrons. The van der Waals surface area contributed by atoms with E-state index < -0.39 is 11.6 Å². The molecule has 0 saturated heterocycles. The van der Waals surface area contributed by atoms with Crippen molar-refractivity contribution in [3.8, 4) is 5.75 Å². The summed E-state index contributed by atoms with van der Waals surface area (Å²) >= 11 is 0. The van der Waals surface area contributed by atoms with Crippen LogP contribution in [-0.2, 0) is 24.1 Å². The Bertz CT molecular complexity index is 1150. The first-order valence-corrected chi connectivity index (χ1v) is 10.9. The summed E-state index contributed by atoms with van der Waals surface area (Å²) in [7, 11) is 0. The average Bonchev–Trinajstić information content (AvgIpc) is 3.13. The maximum absolute atomic E-state index is 13.2. The highest BCUT2D eigenvalue weighted by molar-refractivity contribution is 5.96. The van der Waals surface area contributed by atoms with Gasteiger partial charge in [0.2, 0.25) is 0 Å². The van der Waals surface area contributed by atoms with Crippen LogP contribution < -0.4 is 4.74 Å². The van der Waals surface area contributed by atoms with E-state index in [4.69, 9.17) is 4.74 Å². The second kappa shape index (κ2) is 9.45. The number of amides is 1. The van der Waals surface area contributed by atoms with Gasteiger partial charge in [0.05, 0.1) is 0 Å². The third-order valence-corrected chi connectivity index (χ3v) is 5.85. The van der Waals surface area contributed by atoms with Crippen molar-refractivity contribution in [1.29, 1.82) is 0 Å². The van der Waals surface area contributed by atoms with Crippen molar-refractivity contribution < 1.29 is 23.8 Å². The molecule has 3 aromatic carbocycles. The van der Waals surface area contributed by atoms with E-state index in [1.807, 2.05) is 37.3 Å². The number of benzene rings is 3. The summed E-state index contributed by atoms with van der Waals surface area (Å²) in [6, 6.07) is 21.3. The van der Waals surface area contributed by atoms with Gasteiger partial charge < -0.3 is 14.7 Å². The minimum absolute atomic E-state index is 0.277. The van der Waals surface area contributed by atoms with Gasteiger partial charge in [-0.1, -0.05) is 42.5 Å². The Labute approximate surface area is 192 Å². The summed E-state index contributed by atoms with van der Waals surface area (Å²) in [5, 5.41) is 9.32. The molecule has 170 valence electrons. The van der Waals surface area contributed by atoms with Crippen LogP contribution in [0.4, 0.5) is 4.39 Å². The fourth-order valence-electron chi connectivity index (χ4n) is 4.29. The first kappa shape index (κ1) is 22.5. The predicted octanol–water partition coefficient (Wildman–Crippen LogP) is 4.53. The largest absolute Gasteiger partial charge is 0.487 e. The van der Waals surface area contributed by atoms with E-state index in [0.717, 1.165) is 16.7 Å². The first-order valence-electron chi connectivity index (χ1n) is 10.9. The zero-order valence-corrected chi connectivity index (χ0v) is 18.5.